The van der Waals surface area contributed by atoms with Crippen LogP contribution in [0.15, 0.2) is 0 Å². The first-order chi connectivity index (χ1) is 9.49. The summed E-state index contributed by atoms with van der Waals surface area (Å²) in [6.45, 7) is 7.84. The van der Waals surface area contributed by atoms with Crippen LogP contribution in [0, 0.1) is 5.41 Å². The molecule has 0 radical (unpaired) electrons. The highest BCUT2D eigenvalue weighted by molar-refractivity contribution is 7.84. The number of amides is 2. The van der Waals surface area contributed by atoms with E-state index in [4.69, 9.17) is 5.11 Å². The number of carbonyl (C=O) groups excluding carboxylic acids is 1. The molecule has 0 aliphatic rings. The molecule has 0 rings (SSSR count). The zero-order valence-electron chi connectivity index (χ0n) is 13.6. The Balaban J connectivity index is 4.38. The lowest BCUT2D eigenvalue weighted by atomic mass is 9.87. The third kappa shape index (κ3) is 12.3. The minimum atomic E-state index is -0.932. The molecule has 0 aromatic rings. The Morgan fingerprint density at radius 1 is 1.24 bits per heavy atom. The van der Waals surface area contributed by atoms with Crippen molar-refractivity contribution in [3.8, 4) is 0 Å². The van der Waals surface area contributed by atoms with Gasteiger partial charge in [0.05, 0.1) is 6.42 Å². The van der Waals surface area contributed by atoms with Crippen molar-refractivity contribution >= 4 is 22.8 Å². The van der Waals surface area contributed by atoms with Crippen molar-refractivity contribution < 1.29 is 18.9 Å². The summed E-state index contributed by atoms with van der Waals surface area (Å²) in [5, 5.41) is 14.4. The largest absolute Gasteiger partial charge is 0.481 e. The normalized spacial score (nSPS) is 15.9. The molecule has 0 aliphatic heterocycles. The maximum Gasteiger partial charge on any atom is 0.315 e. The number of nitrogens with one attached hydrogen (secondary N) is 2. The van der Waals surface area contributed by atoms with Gasteiger partial charge in [-0.05, 0) is 25.2 Å². The number of aliphatic carboxylic acids is 1. The van der Waals surface area contributed by atoms with E-state index in [2.05, 4.69) is 10.6 Å². The molecule has 0 saturated carbocycles. The number of carbonyl (C=O) groups is 2. The van der Waals surface area contributed by atoms with Gasteiger partial charge >= 0.3 is 12.0 Å². The van der Waals surface area contributed by atoms with Crippen molar-refractivity contribution in [1.82, 2.24) is 10.6 Å². The maximum absolute atomic E-state index is 11.9. The van der Waals surface area contributed by atoms with Crippen molar-refractivity contribution in [3.05, 3.63) is 0 Å². The van der Waals surface area contributed by atoms with Crippen LogP contribution in [0.3, 0.4) is 0 Å². The minimum Gasteiger partial charge on any atom is -0.481 e. The van der Waals surface area contributed by atoms with E-state index in [-0.39, 0.29) is 23.9 Å². The molecule has 2 amide bonds. The second-order valence-electron chi connectivity index (χ2n) is 6.64. The zero-order valence-corrected chi connectivity index (χ0v) is 14.4. The summed E-state index contributed by atoms with van der Waals surface area (Å²) in [6.07, 6.45) is 2.73. The van der Waals surface area contributed by atoms with Gasteiger partial charge in [0.25, 0.3) is 0 Å². The fourth-order valence-electron chi connectivity index (χ4n) is 1.99. The summed E-state index contributed by atoms with van der Waals surface area (Å²) < 4.78 is 11.0. The second-order valence-corrected chi connectivity index (χ2v) is 8.20. The standard InChI is InChI=1S/C14H28N2O4S/c1-10(6-7-21(5)20)15-13(19)16-11(8-12(17)18)9-14(2,3)4/h10-11H,6-9H2,1-5H3,(H,17,18)(H2,15,16,19). The molecule has 0 bridgehead atoms. The summed E-state index contributed by atoms with van der Waals surface area (Å²) in [7, 11) is -0.882. The number of carboxylic acid groups (broad SMARTS) is 1. The first kappa shape index (κ1) is 19.9. The molecule has 7 heteroatoms. The van der Waals surface area contributed by atoms with Crippen LogP contribution in [0.2, 0.25) is 0 Å². The van der Waals surface area contributed by atoms with Crippen LogP contribution in [0.1, 0.15) is 47.0 Å². The van der Waals surface area contributed by atoms with E-state index in [0.29, 0.717) is 18.6 Å². The average molecular weight is 320 g/mol. The summed E-state index contributed by atoms with van der Waals surface area (Å²) in [5.74, 6) is -0.402. The maximum atomic E-state index is 11.9. The SMILES string of the molecule is CC(CCS(C)=O)NC(=O)NC(CC(=O)O)CC(C)(C)C. The highest BCUT2D eigenvalue weighted by Crippen LogP contribution is 2.22. The summed E-state index contributed by atoms with van der Waals surface area (Å²) in [5.41, 5.74) is -0.0713. The summed E-state index contributed by atoms with van der Waals surface area (Å²) >= 11 is 0. The highest BCUT2D eigenvalue weighted by Gasteiger charge is 2.23. The van der Waals surface area contributed by atoms with E-state index in [1.165, 1.54) is 0 Å². The van der Waals surface area contributed by atoms with Gasteiger partial charge in [-0.25, -0.2) is 4.79 Å². The highest BCUT2D eigenvalue weighted by atomic mass is 32.2. The van der Waals surface area contributed by atoms with Gasteiger partial charge in [-0.2, -0.15) is 0 Å². The molecular formula is C14H28N2O4S. The monoisotopic (exact) mass is 320 g/mol. The third-order valence-corrected chi connectivity index (χ3v) is 3.64. The molecule has 21 heavy (non-hydrogen) atoms. The molecule has 0 aromatic carbocycles. The Morgan fingerprint density at radius 3 is 2.24 bits per heavy atom. The topological polar surface area (TPSA) is 95.5 Å². The quantitative estimate of drug-likeness (QED) is 0.634. The lowest BCUT2D eigenvalue weighted by Crippen LogP contribution is -2.47. The molecular weight excluding hydrogens is 292 g/mol. The smallest absolute Gasteiger partial charge is 0.315 e. The van der Waals surface area contributed by atoms with Crippen LogP contribution in [0.4, 0.5) is 4.79 Å². The number of hydrogen-bond acceptors (Lipinski definition) is 3. The molecule has 0 spiro atoms. The van der Waals surface area contributed by atoms with Crippen molar-refractivity contribution in [2.45, 2.75) is 59.0 Å². The van der Waals surface area contributed by atoms with Crippen molar-refractivity contribution in [3.63, 3.8) is 0 Å². The lowest BCUT2D eigenvalue weighted by molar-refractivity contribution is -0.137. The fourth-order valence-corrected chi connectivity index (χ4v) is 2.68. The van der Waals surface area contributed by atoms with E-state index in [1.807, 2.05) is 27.7 Å². The van der Waals surface area contributed by atoms with Gasteiger partial charge in [-0.1, -0.05) is 20.8 Å². The molecule has 3 N–H and O–H groups in total. The molecule has 0 fully saturated rings. The molecule has 0 aliphatic carbocycles. The van der Waals surface area contributed by atoms with Crippen LogP contribution in [0.5, 0.6) is 0 Å². The van der Waals surface area contributed by atoms with Crippen molar-refractivity contribution in [2.75, 3.05) is 12.0 Å². The van der Waals surface area contributed by atoms with Gasteiger partial charge in [-0.15, -0.1) is 0 Å². The molecule has 124 valence electrons. The predicted molar refractivity (Wildman–Crippen MR) is 84.8 cm³/mol. The summed E-state index contributed by atoms with van der Waals surface area (Å²) in [4.78, 5) is 22.8. The van der Waals surface area contributed by atoms with Gasteiger partial charge < -0.3 is 15.7 Å². The number of hydrogen-bond donors (Lipinski definition) is 3. The number of rotatable bonds is 8. The van der Waals surface area contributed by atoms with Crippen molar-refractivity contribution in [2.24, 2.45) is 5.41 Å². The Hall–Kier alpha value is -1.11. The first-order valence-corrected chi connectivity index (χ1v) is 8.81. The lowest BCUT2D eigenvalue weighted by Gasteiger charge is -2.26. The van der Waals surface area contributed by atoms with Crippen molar-refractivity contribution in [1.29, 1.82) is 0 Å². The Bertz CT molecular complexity index is 380. The van der Waals surface area contributed by atoms with Gasteiger partial charge in [0, 0.05) is 34.9 Å². The van der Waals surface area contributed by atoms with Gasteiger partial charge in [0.2, 0.25) is 0 Å². The predicted octanol–water partition coefficient (Wildman–Crippen LogP) is 1.72. The van der Waals surface area contributed by atoms with Crippen LogP contribution >= 0.6 is 0 Å². The molecule has 0 heterocycles. The Kier molecular flexibility index (Phi) is 8.54. The molecule has 0 saturated heterocycles. The first-order valence-electron chi connectivity index (χ1n) is 7.08. The van der Waals surface area contributed by atoms with E-state index in [9.17, 15) is 13.8 Å². The average Bonchev–Trinajstić information content (AvgIpc) is 2.22. The van der Waals surface area contributed by atoms with Crippen LogP contribution in [-0.2, 0) is 15.6 Å². The summed E-state index contributed by atoms with van der Waals surface area (Å²) in [6, 6.07) is -0.885. The third-order valence-electron chi connectivity index (χ3n) is 2.83. The van der Waals surface area contributed by atoms with E-state index >= 15 is 0 Å². The van der Waals surface area contributed by atoms with Gasteiger partial charge in [0.1, 0.15) is 0 Å². The van der Waals surface area contributed by atoms with Gasteiger partial charge in [0.15, 0.2) is 0 Å². The molecule has 0 aromatic heterocycles. The van der Waals surface area contributed by atoms with Crippen LogP contribution in [-0.4, -0.2) is 45.4 Å². The Morgan fingerprint density at radius 2 is 1.81 bits per heavy atom. The minimum absolute atomic E-state index is 0.0713. The van der Waals surface area contributed by atoms with E-state index in [0.717, 1.165) is 0 Å². The zero-order chi connectivity index (χ0) is 16.6. The van der Waals surface area contributed by atoms with E-state index in [1.54, 1.807) is 6.26 Å². The van der Waals surface area contributed by atoms with Crippen LogP contribution in [0.25, 0.3) is 0 Å². The fraction of sp³-hybridized carbons (Fsp3) is 0.857. The van der Waals surface area contributed by atoms with Gasteiger partial charge in [-0.3, -0.25) is 9.00 Å². The van der Waals surface area contributed by atoms with E-state index < -0.39 is 22.8 Å². The van der Waals surface area contributed by atoms with Crippen LogP contribution < -0.4 is 10.6 Å². The molecule has 6 nitrogen and oxygen atoms in total. The number of carboxylic acids is 1. The second kappa shape index (κ2) is 9.02. The molecule has 3 unspecified atom stereocenters. The Labute approximate surface area is 129 Å². The molecule has 3 atom stereocenters. The number of urea groups is 1.